The number of primary amides is 1. The Morgan fingerprint density at radius 2 is 2.08 bits per heavy atom. The second kappa shape index (κ2) is 9.20. The van der Waals surface area contributed by atoms with Crippen LogP contribution in [-0.2, 0) is 4.79 Å². The molecule has 0 radical (unpaired) electrons. The third-order valence-electron chi connectivity index (χ3n) is 5.16. The van der Waals surface area contributed by atoms with Crippen LogP contribution in [-0.4, -0.2) is 48.3 Å². The molecule has 5 heteroatoms. The van der Waals surface area contributed by atoms with Crippen molar-refractivity contribution in [3.8, 4) is 5.75 Å². The zero-order valence-corrected chi connectivity index (χ0v) is 15.8. The van der Waals surface area contributed by atoms with E-state index < -0.39 is 6.10 Å². The second-order valence-corrected chi connectivity index (χ2v) is 7.39. The number of aryl methyl sites for hydroxylation is 2. The number of aliphatic hydroxyl groups is 1. The maximum absolute atomic E-state index is 11.0. The zero-order chi connectivity index (χ0) is 18.4. The van der Waals surface area contributed by atoms with Gasteiger partial charge in [-0.25, -0.2) is 0 Å². The van der Waals surface area contributed by atoms with Gasteiger partial charge >= 0.3 is 0 Å². The predicted molar refractivity (Wildman–Crippen MR) is 99.7 cm³/mol. The lowest BCUT2D eigenvalue weighted by atomic mass is 9.93. The Morgan fingerprint density at radius 1 is 1.36 bits per heavy atom. The van der Waals surface area contributed by atoms with Gasteiger partial charge in [0.2, 0.25) is 5.91 Å². The quantitative estimate of drug-likeness (QED) is 0.756. The van der Waals surface area contributed by atoms with Gasteiger partial charge in [-0.05, 0) is 69.2 Å². The molecule has 0 aliphatic carbocycles. The standard InChI is InChI=1S/C20H32N2O3/c1-14-6-7-15(2)20(16(14)3)25-13-18(23)12-22-10-4-5-17(11-22)8-9-19(21)24/h6-7,17-18,23H,4-5,8-13H2,1-3H3,(H2,21,24). The molecule has 1 aromatic carbocycles. The largest absolute Gasteiger partial charge is 0.490 e. The van der Waals surface area contributed by atoms with Gasteiger partial charge < -0.3 is 20.5 Å². The first-order valence-corrected chi connectivity index (χ1v) is 9.25. The van der Waals surface area contributed by atoms with Crippen LogP contribution in [0.25, 0.3) is 0 Å². The summed E-state index contributed by atoms with van der Waals surface area (Å²) >= 11 is 0. The lowest BCUT2D eigenvalue weighted by molar-refractivity contribution is -0.118. The summed E-state index contributed by atoms with van der Waals surface area (Å²) < 4.78 is 5.92. The number of ether oxygens (including phenoxy) is 1. The Morgan fingerprint density at radius 3 is 2.80 bits per heavy atom. The molecule has 0 bridgehead atoms. The molecule has 1 saturated heterocycles. The van der Waals surface area contributed by atoms with Crippen LogP contribution in [0.15, 0.2) is 12.1 Å². The number of nitrogens with zero attached hydrogens (tertiary/aromatic N) is 1. The van der Waals surface area contributed by atoms with Crippen molar-refractivity contribution in [1.29, 1.82) is 0 Å². The van der Waals surface area contributed by atoms with Crippen LogP contribution in [0.3, 0.4) is 0 Å². The van der Waals surface area contributed by atoms with Crippen LogP contribution in [0, 0.1) is 26.7 Å². The molecule has 2 atom stereocenters. The van der Waals surface area contributed by atoms with E-state index in [1.54, 1.807) is 0 Å². The molecule has 3 N–H and O–H groups in total. The van der Waals surface area contributed by atoms with Gasteiger partial charge in [-0.2, -0.15) is 0 Å². The molecule has 1 aromatic rings. The highest BCUT2D eigenvalue weighted by molar-refractivity contribution is 5.73. The molecule has 25 heavy (non-hydrogen) atoms. The minimum absolute atomic E-state index is 0.227. The van der Waals surface area contributed by atoms with Crippen LogP contribution in [0.4, 0.5) is 0 Å². The minimum atomic E-state index is -0.519. The number of carbonyl (C=O) groups is 1. The van der Waals surface area contributed by atoms with Crippen LogP contribution in [0.2, 0.25) is 0 Å². The molecule has 2 rings (SSSR count). The van der Waals surface area contributed by atoms with E-state index in [-0.39, 0.29) is 5.91 Å². The number of likely N-dealkylation sites (tertiary alicyclic amines) is 1. The monoisotopic (exact) mass is 348 g/mol. The highest BCUT2D eigenvalue weighted by atomic mass is 16.5. The number of amides is 1. The maximum Gasteiger partial charge on any atom is 0.217 e. The SMILES string of the molecule is Cc1ccc(C)c(OCC(O)CN2CCCC(CCC(N)=O)C2)c1C. The summed E-state index contributed by atoms with van der Waals surface area (Å²) in [6, 6.07) is 4.14. The van der Waals surface area contributed by atoms with Crippen molar-refractivity contribution in [3.63, 3.8) is 0 Å². The summed E-state index contributed by atoms with van der Waals surface area (Å²) in [5, 5.41) is 10.4. The van der Waals surface area contributed by atoms with Gasteiger partial charge in [-0.15, -0.1) is 0 Å². The minimum Gasteiger partial charge on any atom is -0.490 e. The first kappa shape index (κ1) is 19.7. The zero-order valence-electron chi connectivity index (χ0n) is 15.8. The number of rotatable bonds is 8. The van der Waals surface area contributed by atoms with E-state index in [0.717, 1.165) is 49.2 Å². The van der Waals surface area contributed by atoms with Crippen LogP contribution in [0.5, 0.6) is 5.75 Å². The Hall–Kier alpha value is -1.59. The van der Waals surface area contributed by atoms with E-state index in [9.17, 15) is 9.90 Å². The topological polar surface area (TPSA) is 75.8 Å². The van der Waals surface area contributed by atoms with Crippen molar-refractivity contribution in [2.45, 2.75) is 52.6 Å². The van der Waals surface area contributed by atoms with E-state index in [2.05, 4.69) is 30.9 Å². The first-order valence-electron chi connectivity index (χ1n) is 9.25. The number of aliphatic hydroxyl groups excluding tert-OH is 1. The van der Waals surface area contributed by atoms with Gasteiger partial charge in [0.1, 0.15) is 18.5 Å². The Bertz CT molecular complexity index is 589. The van der Waals surface area contributed by atoms with E-state index in [1.807, 2.05) is 6.92 Å². The molecule has 1 amide bonds. The van der Waals surface area contributed by atoms with E-state index in [1.165, 1.54) is 5.56 Å². The molecule has 1 fully saturated rings. The average Bonchev–Trinajstić information content (AvgIpc) is 2.57. The van der Waals surface area contributed by atoms with Crippen molar-refractivity contribution < 1.29 is 14.6 Å². The van der Waals surface area contributed by atoms with E-state index >= 15 is 0 Å². The highest BCUT2D eigenvalue weighted by Gasteiger charge is 2.22. The second-order valence-electron chi connectivity index (χ2n) is 7.39. The Labute approximate surface area is 151 Å². The fourth-order valence-corrected chi connectivity index (χ4v) is 3.58. The van der Waals surface area contributed by atoms with Crippen LogP contribution < -0.4 is 10.5 Å². The lowest BCUT2D eigenvalue weighted by Gasteiger charge is -2.33. The molecule has 0 saturated carbocycles. The molecule has 0 spiro atoms. The molecular weight excluding hydrogens is 316 g/mol. The number of carbonyl (C=O) groups excluding carboxylic acids is 1. The summed E-state index contributed by atoms with van der Waals surface area (Å²) in [5.41, 5.74) is 8.68. The van der Waals surface area contributed by atoms with Gasteiger partial charge in [0.05, 0.1) is 0 Å². The third kappa shape index (κ3) is 6.01. The molecule has 0 aromatic heterocycles. The predicted octanol–water partition coefficient (Wildman–Crippen LogP) is 2.33. The van der Waals surface area contributed by atoms with E-state index in [4.69, 9.17) is 10.5 Å². The number of β-amino-alcohol motifs (C(OH)–C–C–N with tert-alkyl or cyclic N) is 1. The summed E-state index contributed by atoms with van der Waals surface area (Å²) in [6.07, 6.45) is 3.02. The number of piperidine rings is 1. The number of nitrogens with two attached hydrogens (primary N) is 1. The fraction of sp³-hybridized carbons (Fsp3) is 0.650. The van der Waals surface area contributed by atoms with Gasteiger partial charge in [0, 0.05) is 19.5 Å². The van der Waals surface area contributed by atoms with Crippen molar-refractivity contribution in [2.75, 3.05) is 26.2 Å². The summed E-state index contributed by atoms with van der Waals surface area (Å²) in [5.74, 6) is 1.15. The Balaban J connectivity index is 1.81. The number of benzene rings is 1. The maximum atomic E-state index is 11.0. The summed E-state index contributed by atoms with van der Waals surface area (Å²) in [6.45, 7) is 8.97. The number of hydrogen-bond donors (Lipinski definition) is 2. The molecule has 1 heterocycles. The smallest absolute Gasteiger partial charge is 0.217 e. The average molecular weight is 348 g/mol. The highest BCUT2D eigenvalue weighted by Crippen LogP contribution is 2.26. The first-order chi connectivity index (χ1) is 11.9. The fourth-order valence-electron chi connectivity index (χ4n) is 3.58. The molecule has 1 aliphatic rings. The summed E-state index contributed by atoms with van der Waals surface area (Å²) in [7, 11) is 0. The Kier molecular flexibility index (Phi) is 7.26. The van der Waals surface area contributed by atoms with Crippen molar-refractivity contribution in [2.24, 2.45) is 11.7 Å². The van der Waals surface area contributed by atoms with Crippen LogP contribution in [0.1, 0.15) is 42.4 Å². The van der Waals surface area contributed by atoms with Crippen molar-refractivity contribution in [1.82, 2.24) is 4.90 Å². The molecule has 1 aliphatic heterocycles. The normalized spacial score (nSPS) is 19.6. The van der Waals surface area contributed by atoms with Crippen molar-refractivity contribution in [3.05, 3.63) is 28.8 Å². The van der Waals surface area contributed by atoms with E-state index in [0.29, 0.717) is 25.5 Å². The lowest BCUT2D eigenvalue weighted by Crippen LogP contribution is -2.42. The molecule has 140 valence electrons. The molecule has 2 unspecified atom stereocenters. The summed E-state index contributed by atoms with van der Waals surface area (Å²) in [4.78, 5) is 13.2. The van der Waals surface area contributed by atoms with Crippen LogP contribution >= 0.6 is 0 Å². The third-order valence-corrected chi connectivity index (χ3v) is 5.16. The number of hydrogen-bond acceptors (Lipinski definition) is 4. The van der Waals surface area contributed by atoms with Gasteiger partial charge in [0.25, 0.3) is 0 Å². The van der Waals surface area contributed by atoms with Gasteiger partial charge in [-0.3, -0.25) is 4.79 Å². The molecule has 5 nitrogen and oxygen atoms in total. The van der Waals surface area contributed by atoms with Crippen molar-refractivity contribution >= 4 is 5.91 Å². The van der Waals surface area contributed by atoms with Gasteiger partial charge in [-0.1, -0.05) is 12.1 Å². The van der Waals surface area contributed by atoms with Gasteiger partial charge in [0.15, 0.2) is 0 Å². The molecular formula is C20H32N2O3.